The maximum Gasteiger partial charge on any atom is 0.493 e. The van der Waals surface area contributed by atoms with Crippen LogP contribution in [0.2, 0.25) is 0 Å². The first-order chi connectivity index (χ1) is 13.5. The molecule has 9 nitrogen and oxygen atoms in total. The minimum Gasteiger partial charge on any atom is -0.324 e. The van der Waals surface area contributed by atoms with Gasteiger partial charge in [-0.1, -0.05) is 18.2 Å². The van der Waals surface area contributed by atoms with Crippen LogP contribution in [-0.4, -0.2) is 29.2 Å². The van der Waals surface area contributed by atoms with Crippen LogP contribution in [0.4, 0.5) is 24.5 Å². The van der Waals surface area contributed by atoms with E-state index in [2.05, 4.69) is 9.94 Å². The third kappa shape index (κ3) is 5.06. The molecule has 2 aromatic rings. The summed E-state index contributed by atoms with van der Waals surface area (Å²) in [7, 11) is 0. The highest BCUT2D eigenvalue weighted by Gasteiger charge is 2.44. The number of hydroxylamine groups is 1. The van der Waals surface area contributed by atoms with E-state index in [1.165, 1.54) is 31.3 Å². The smallest absolute Gasteiger partial charge is 0.324 e. The second kappa shape index (κ2) is 8.37. The minimum atomic E-state index is -5.40. The Bertz CT molecular complexity index is 974. The number of hydrazone groups is 1. The van der Waals surface area contributed by atoms with E-state index in [-0.39, 0.29) is 10.8 Å². The number of nitro groups is 1. The average Bonchev–Trinajstić information content (AvgIpc) is 2.65. The maximum atomic E-state index is 12.8. The van der Waals surface area contributed by atoms with Crippen molar-refractivity contribution in [2.45, 2.75) is 13.1 Å². The molecule has 0 fully saturated rings. The van der Waals surface area contributed by atoms with E-state index in [4.69, 9.17) is 5.84 Å². The molecule has 1 amide bonds. The van der Waals surface area contributed by atoms with Crippen molar-refractivity contribution in [3.8, 4) is 0 Å². The first-order valence-corrected chi connectivity index (χ1v) is 7.76. The lowest BCUT2D eigenvalue weighted by Gasteiger charge is -2.22. The second-order valence-corrected chi connectivity index (χ2v) is 5.62. The molecule has 0 aliphatic rings. The van der Waals surface area contributed by atoms with Gasteiger partial charge in [-0.05, 0) is 36.2 Å². The molecular formula is C17H13F3N4O5. The van der Waals surface area contributed by atoms with E-state index in [0.29, 0.717) is 11.1 Å². The second-order valence-electron chi connectivity index (χ2n) is 5.62. The van der Waals surface area contributed by atoms with Crippen molar-refractivity contribution in [3.63, 3.8) is 0 Å². The Kier molecular flexibility index (Phi) is 6.16. The number of nitro benzene ring substituents is 1. The number of rotatable bonds is 4. The van der Waals surface area contributed by atoms with E-state index < -0.39 is 34.2 Å². The Hall–Kier alpha value is -3.96. The van der Waals surface area contributed by atoms with Crippen LogP contribution in [0.3, 0.4) is 0 Å². The predicted molar refractivity (Wildman–Crippen MR) is 95.0 cm³/mol. The lowest BCUT2D eigenvalue weighted by Crippen LogP contribution is -2.39. The highest BCUT2D eigenvalue weighted by Crippen LogP contribution is 2.27. The Morgan fingerprint density at radius 1 is 1.21 bits per heavy atom. The van der Waals surface area contributed by atoms with Gasteiger partial charge in [-0.3, -0.25) is 14.9 Å². The molecule has 0 spiro atoms. The van der Waals surface area contributed by atoms with Gasteiger partial charge in [0.15, 0.2) is 0 Å². The van der Waals surface area contributed by atoms with Gasteiger partial charge in [0.05, 0.1) is 16.8 Å². The number of carbonyl (C=O) groups is 2. The van der Waals surface area contributed by atoms with Crippen molar-refractivity contribution in [1.82, 2.24) is 0 Å². The number of amides is 1. The van der Waals surface area contributed by atoms with Crippen molar-refractivity contribution < 1.29 is 32.5 Å². The van der Waals surface area contributed by atoms with Gasteiger partial charge in [-0.25, -0.2) is 4.79 Å². The summed E-state index contributed by atoms with van der Waals surface area (Å²) in [5.41, 5.74) is -0.640. The summed E-state index contributed by atoms with van der Waals surface area (Å²) in [5, 5.41) is 14.5. The lowest BCUT2D eigenvalue weighted by molar-refractivity contribution is -0.385. The molecule has 0 atom stereocenters. The molecule has 152 valence electrons. The monoisotopic (exact) mass is 410 g/mol. The van der Waals surface area contributed by atoms with Crippen LogP contribution in [0.1, 0.15) is 21.5 Å². The summed E-state index contributed by atoms with van der Waals surface area (Å²) < 4.78 is 38.0. The highest BCUT2D eigenvalue weighted by molar-refractivity contribution is 6.08. The van der Waals surface area contributed by atoms with Gasteiger partial charge in [-0.15, -0.1) is 5.06 Å². The largest absolute Gasteiger partial charge is 0.493 e. The molecule has 0 aliphatic heterocycles. The van der Waals surface area contributed by atoms with E-state index in [1.54, 1.807) is 0 Å². The molecule has 0 bridgehead atoms. The Morgan fingerprint density at radius 3 is 2.34 bits per heavy atom. The quantitative estimate of drug-likeness (QED) is 0.357. The number of anilines is 1. The fourth-order valence-electron chi connectivity index (χ4n) is 2.22. The van der Waals surface area contributed by atoms with Gasteiger partial charge in [0.2, 0.25) is 0 Å². The van der Waals surface area contributed by atoms with Gasteiger partial charge in [0.1, 0.15) is 5.56 Å². The topological polar surface area (TPSA) is 128 Å². The third-order valence-electron chi connectivity index (χ3n) is 3.52. The number of nitrogens with two attached hydrogens (primary N) is 1. The van der Waals surface area contributed by atoms with Crippen LogP contribution in [0, 0.1) is 17.0 Å². The number of halogens is 3. The van der Waals surface area contributed by atoms with Crippen molar-refractivity contribution in [2.75, 3.05) is 5.06 Å². The molecule has 0 heterocycles. The zero-order valence-electron chi connectivity index (χ0n) is 14.7. The van der Waals surface area contributed by atoms with Crippen LogP contribution in [0.25, 0.3) is 0 Å². The number of aryl methyl sites for hydroxylation is 1. The zero-order chi connectivity index (χ0) is 21.8. The highest BCUT2D eigenvalue weighted by atomic mass is 19.4. The third-order valence-corrected chi connectivity index (χ3v) is 3.52. The molecule has 12 heteroatoms. The number of carbonyl (C=O) groups excluding carboxylic acids is 2. The lowest BCUT2D eigenvalue weighted by atomic mass is 10.1. The molecule has 0 aromatic heterocycles. The van der Waals surface area contributed by atoms with E-state index in [0.717, 1.165) is 24.3 Å². The summed E-state index contributed by atoms with van der Waals surface area (Å²) in [4.78, 5) is 38.7. The molecule has 2 aromatic carbocycles. The minimum absolute atomic E-state index is 0.0426. The van der Waals surface area contributed by atoms with Crippen molar-refractivity contribution in [3.05, 3.63) is 69.3 Å². The molecule has 2 rings (SSSR count). The summed E-state index contributed by atoms with van der Waals surface area (Å²) in [5.74, 6) is 0.995. The van der Waals surface area contributed by atoms with E-state index in [9.17, 15) is 32.9 Å². The van der Waals surface area contributed by atoms with E-state index in [1.807, 2.05) is 0 Å². The van der Waals surface area contributed by atoms with Crippen molar-refractivity contribution in [2.24, 2.45) is 10.9 Å². The SMILES string of the molecule is Cc1ccc([N+](=O)[O-])c(C(=O)N(OC(=O)C(F)(F)F)c2ccc(/C=N/N)cc2)c1. The van der Waals surface area contributed by atoms with Crippen molar-refractivity contribution in [1.29, 1.82) is 0 Å². The molecule has 0 saturated heterocycles. The Balaban J connectivity index is 2.55. The standard InChI is InChI=1S/C17H13F3N4O5/c1-10-2-7-14(24(27)28)13(8-10)15(25)23(29-16(26)17(18,19)20)12-5-3-11(4-6-12)9-22-21/h2-9H,21H2,1H3/b22-9+. The molecule has 0 unspecified atom stereocenters. The van der Waals surface area contributed by atoms with Gasteiger partial charge in [0, 0.05) is 6.07 Å². The summed E-state index contributed by atoms with van der Waals surface area (Å²) in [6, 6.07) is 8.44. The number of hydrogen-bond acceptors (Lipinski definition) is 7. The van der Waals surface area contributed by atoms with Gasteiger partial charge in [0.25, 0.3) is 11.6 Å². The maximum absolute atomic E-state index is 12.8. The van der Waals surface area contributed by atoms with Gasteiger partial charge < -0.3 is 10.7 Å². The van der Waals surface area contributed by atoms with Crippen LogP contribution in [0.15, 0.2) is 47.6 Å². The molecule has 0 saturated carbocycles. The predicted octanol–water partition coefficient (Wildman–Crippen LogP) is 2.86. The molecular weight excluding hydrogens is 397 g/mol. The number of benzene rings is 2. The summed E-state index contributed by atoms with van der Waals surface area (Å²) in [6.07, 6.45) is -4.17. The van der Waals surface area contributed by atoms with Crippen LogP contribution < -0.4 is 10.9 Å². The van der Waals surface area contributed by atoms with Crippen molar-refractivity contribution >= 4 is 29.5 Å². The number of alkyl halides is 3. The van der Waals surface area contributed by atoms with Gasteiger partial charge in [-0.2, -0.15) is 18.3 Å². The summed E-state index contributed by atoms with van der Waals surface area (Å²) in [6.45, 7) is 1.52. The average molecular weight is 410 g/mol. The summed E-state index contributed by atoms with van der Waals surface area (Å²) >= 11 is 0. The molecule has 0 radical (unpaired) electrons. The first-order valence-electron chi connectivity index (χ1n) is 7.76. The van der Waals surface area contributed by atoms with Crippen LogP contribution in [-0.2, 0) is 9.63 Å². The number of hydrogen-bond donors (Lipinski definition) is 1. The Labute approximate surface area is 161 Å². The van der Waals surface area contributed by atoms with Crippen LogP contribution in [0.5, 0.6) is 0 Å². The molecule has 29 heavy (non-hydrogen) atoms. The molecule has 0 aliphatic carbocycles. The molecule has 2 N–H and O–H groups in total. The Morgan fingerprint density at radius 2 is 1.83 bits per heavy atom. The normalized spacial score (nSPS) is 11.3. The van der Waals surface area contributed by atoms with Gasteiger partial charge >= 0.3 is 12.1 Å². The van der Waals surface area contributed by atoms with E-state index >= 15 is 0 Å². The fraction of sp³-hybridized carbons (Fsp3) is 0.118. The van der Waals surface area contributed by atoms with Crippen LogP contribution >= 0.6 is 0 Å². The zero-order valence-corrected chi connectivity index (χ0v) is 14.7. The number of nitrogens with zero attached hydrogens (tertiary/aromatic N) is 3. The fourth-order valence-corrected chi connectivity index (χ4v) is 2.22. The first kappa shape index (κ1) is 21.3.